The molecule has 0 spiro atoms. The van der Waals surface area contributed by atoms with Gasteiger partial charge in [-0.3, -0.25) is 4.79 Å². The van der Waals surface area contributed by atoms with Gasteiger partial charge in [0, 0.05) is 37.7 Å². The van der Waals surface area contributed by atoms with Gasteiger partial charge in [-0.2, -0.15) is 0 Å². The molecule has 0 bridgehead atoms. The fourth-order valence-corrected chi connectivity index (χ4v) is 0. The maximum absolute atomic E-state index is 9.24. The number of nitrogens with two attached hydrogens (primary N) is 1. The van der Waals surface area contributed by atoms with Crippen LogP contribution < -0.4 is 5.73 Å². The van der Waals surface area contributed by atoms with Crippen molar-refractivity contribution < 1.29 is 15.4 Å². The van der Waals surface area contributed by atoms with Crippen LogP contribution in [0.5, 0.6) is 0 Å². The summed E-state index contributed by atoms with van der Waals surface area (Å²) in [5.41, 5.74) is 4.57. The summed E-state index contributed by atoms with van der Waals surface area (Å²) in [4.78, 5) is 9.24. The van der Waals surface area contributed by atoms with E-state index in [1.165, 1.54) is 0 Å². The van der Waals surface area contributed by atoms with Gasteiger partial charge in [0.25, 0.3) is 0 Å². The molecule has 5 heteroatoms. The number of carbonyl (C=O) groups is 1. The SMILES string of the molecule is NCC(=O)O.O.[Ca]. The van der Waals surface area contributed by atoms with E-state index >= 15 is 0 Å². The Labute approximate surface area is 71.0 Å². The normalized spacial score (nSPS) is 5.29. The molecule has 0 aliphatic heterocycles. The number of carboxylic acids is 1. The molecule has 40 valence electrons. The van der Waals surface area contributed by atoms with Crippen LogP contribution in [0, 0.1) is 0 Å². The maximum atomic E-state index is 9.24. The van der Waals surface area contributed by atoms with E-state index in [1.54, 1.807) is 0 Å². The average molecular weight is 133 g/mol. The topological polar surface area (TPSA) is 94.8 Å². The van der Waals surface area contributed by atoms with Gasteiger partial charge in [0.05, 0.1) is 6.54 Å². The van der Waals surface area contributed by atoms with Gasteiger partial charge in [-0.15, -0.1) is 0 Å². The standard InChI is InChI=1S/C2H5NO2.Ca.H2O/c3-1-2(4)5;;/h1,3H2,(H,4,5);;1H2. The van der Waals surface area contributed by atoms with E-state index < -0.39 is 5.97 Å². The molecule has 0 unspecified atom stereocenters. The van der Waals surface area contributed by atoms with Crippen LogP contribution in [0.2, 0.25) is 0 Å². The van der Waals surface area contributed by atoms with Crippen LogP contribution in [0.1, 0.15) is 0 Å². The minimum atomic E-state index is -0.968. The van der Waals surface area contributed by atoms with Crippen LogP contribution in [0.4, 0.5) is 0 Å². The molecule has 4 nitrogen and oxygen atoms in total. The van der Waals surface area contributed by atoms with Crippen molar-refractivity contribution in [3.63, 3.8) is 0 Å². The zero-order valence-corrected chi connectivity index (χ0v) is 6.06. The molecule has 0 rings (SSSR count). The van der Waals surface area contributed by atoms with Gasteiger partial charge in [0.2, 0.25) is 0 Å². The van der Waals surface area contributed by atoms with Gasteiger partial charge in [-0.1, -0.05) is 0 Å². The Kier molecular flexibility index (Phi) is 21.9. The Balaban J connectivity index is -0.0000000800. The Morgan fingerprint density at radius 2 is 1.86 bits per heavy atom. The van der Waals surface area contributed by atoms with E-state index in [-0.39, 0.29) is 49.8 Å². The molecular weight excluding hydrogens is 126 g/mol. The van der Waals surface area contributed by atoms with E-state index in [0.29, 0.717) is 0 Å². The molecule has 5 N–H and O–H groups in total. The molecule has 0 aliphatic rings. The first kappa shape index (κ1) is 15.6. The van der Waals surface area contributed by atoms with Gasteiger partial charge < -0.3 is 16.3 Å². The van der Waals surface area contributed by atoms with Gasteiger partial charge in [-0.25, -0.2) is 0 Å². The van der Waals surface area contributed by atoms with Crippen LogP contribution in [-0.4, -0.2) is 60.8 Å². The molecule has 0 atom stereocenters. The van der Waals surface area contributed by atoms with Crippen molar-refractivity contribution in [2.75, 3.05) is 6.54 Å². The fourth-order valence-electron chi connectivity index (χ4n) is 0. The molecule has 0 saturated heterocycles. The smallest absolute Gasteiger partial charge is 0.317 e. The number of hydrogen-bond donors (Lipinski definition) is 2. The van der Waals surface area contributed by atoms with E-state index in [4.69, 9.17) is 5.11 Å². The average Bonchev–Trinajstić information content (AvgIpc) is 1.38. The predicted molar refractivity (Wildman–Crippen MR) is 26.1 cm³/mol. The Bertz CT molecular complexity index is 48.2. The summed E-state index contributed by atoms with van der Waals surface area (Å²) in [6.07, 6.45) is 0. The van der Waals surface area contributed by atoms with Gasteiger partial charge in [0.15, 0.2) is 0 Å². The summed E-state index contributed by atoms with van der Waals surface area (Å²) in [7, 11) is 0. The molecule has 7 heavy (non-hydrogen) atoms. The molecule has 2 radical (unpaired) electrons. The van der Waals surface area contributed by atoms with E-state index in [0.717, 1.165) is 0 Å². The second-order valence-corrected chi connectivity index (χ2v) is 0.598. The van der Waals surface area contributed by atoms with Crippen molar-refractivity contribution in [1.82, 2.24) is 0 Å². The molecule has 0 fully saturated rings. The van der Waals surface area contributed by atoms with Crippen molar-refractivity contribution in [2.24, 2.45) is 5.73 Å². The van der Waals surface area contributed by atoms with Gasteiger partial charge in [0.1, 0.15) is 0 Å². The van der Waals surface area contributed by atoms with Crippen LogP contribution in [0.25, 0.3) is 0 Å². The second kappa shape index (κ2) is 9.82. The number of carboxylic acid groups (broad SMARTS) is 1. The zero-order valence-electron chi connectivity index (χ0n) is 3.85. The second-order valence-electron chi connectivity index (χ2n) is 0.598. The van der Waals surface area contributed by atoms with Crippen LogP contribution in [-0.2, 0) is 4.79 Å². The summed E-state index contributed by atoms with van der Waals surface area (Å²) in [5.74, 6) is -0.968. The summed E-state index contributed by atoms with van der Waals surface area (Å²) < 4.78 is 0. The van der Waals surface area contributed by atoms with Crippen molar-refractivity contribution in [1.29, 1.82) is 0 Å². The number of hydrogen-bond acceptors (Lipinski definition) is 2. The van der Waals surface area contributed by atoms with E-state index in [9.17, 15) is 4.79 Å². The molecule has 0 amide bonds. The van der Waals surface area contributed by atoms with Crippen molar-refractivity contribution in [2.45, 2.75) is 0 Å². The molecule has 0 saturated carbocycles. The first-order valence-corrected chi connectivity index (χ1v) is 1.19. The molecule has 0 aromatic heterocycles. The van der Waals surface area contributed by atoms with Crippen molar-refractivity contribution in [3.05, 3.63) is 0 Å². The third-order valence-electron chi connectivity index (χ3n) is 0.175. The first-order chi connectivity index (χ1) is 2.27. The summed E-state index contributed by atoms with van der Waals surface area (Å²) in [6, 6.07) is 0. The molecule has 0 aliphatic carbocycles. The number of rotatable bonds is 1. The summed E-state index contributed by atoms with van der Waals surface area (Å²) >= 11 is 0. The molecular formula is C2H7CaNO3. The monoisotopic (exact) mass is 133 g/mol. The zero-order chi connectivity index (χ0) is 4.28. The summed E-state index contributed by atoms with van der Waals surface area (Å²) in [6.45, 7) is -0.278. The van der Waals surface area contributed by atoms with Crippen LogP contribution >= 0.6 is 0 Å². The number of aliphatic carboxylic acids is 1. The molecule has 0 aromatic carbocycles. The van der Waals surface area contributed by atoms with Gasteiger partial charge >= 0.3 is 5.97 Å². The van der Waals surface area contributed by atoms with Crippen LogP contribution in [0.15, 0.2) is 0 Å². The summed E-state index contributed by atoms with van der Waals surface area (Å²) in [5, 5.41) is 7.60. The minimum absolute atomic E-state index is 0. The largest absolute Gasteiger partial charge is 0.480 e. The van der Waals surface area contributed by atoms with E-state index in [1.807, 2.05) is 0 Å². The van der Waals surface area contributed by atoms with Gasteiger partial charge in [-0.05, 0) is 0 Å². The Morgan fingerprint density at radius 3 is 1.86 bits per heavy atom. The Morgan fingerprint density at radius 1 is 1.71 bits per heavy atom. The molecule has 0 aromatic rings. The van der Waals surface area contributed by atoms with Crippen molar-refractivity contribution in [3.8, 4) is 0 Å². The van der Waals surface area contributed by atoms with Crippen LogP contribution in [0.3, 0.4) is 0 Å². The molecule has 0 heterocycles. The maximum Gasteiger partial charge on any atom is 0.317 e. The predicted octanol–water partition coefficient (Wildman–Crippen LogP) is -2.18. The first-order valence-electron chi connectivity index (χ1n) is 1.19. The third kappa shape index (κ3) is 20.5. The van der Waals surface area contributed by atoms with Crippen molar-refractivity contribution >= 4 is 43.7 Å². The fraction of sp³-hybridized carbons (Fsp3) is 0.500. The quantitative estimate of drug-likeness (QED) is 0.398. The van der Waals surface area contributed by atoms with E-state index in [2.05, 4.69) is 5.73 Å². The Hall–Kier alpha value is 0.650. The third-order valence-corrected chi connectivity index (χ3v) is 0.175. The minimum Gasteiger partial charge on any atom is -0.480 e.